The quantitative estimate of drug-likeness (QED) is 0.606. The third-order valence-electron chi connectivity index (χ3n) is 3.78. The SMILES string of the molecule is CCNC(=NCc1cccc(C)n1)NC(C)CCc1ccccc1. The van der Waals surface area contributed by atoms with Crippen LogP contribution in [0, 0.1) is 6.92 Å². The van der Waals surface area contributed by atoms with Gasteiger partial charge in [0.2, 0.25) is 0 Å². The molecule has 2 N–H and O–H groups in total. The Balaban J connectivity index is 1.88. The van der Waals surface area contributed by atoms with Gasteiger partial charge in [-0.05, 0) is 51.3 Å². The second-order valence-electron chi connectivity index (χ2n) is 6.04. The van der Waals surface area contributed by atoms with Crippen molar-refractivity contribution in [1.82, 2.24) is 15.6 Å². The summed E-state index contributed by atoms with van der Waals surface area (Å²) in [4.78, 5) is 9.15. The summed E-state index contributed by atoms with van der Waals surface area (Å²) in [5.41, 5.74) is 3.39. The summed E-state index contributed by atoms with van der Waals surface area (Å²) >= 11 is 0. The van der Waals surface area contributed by atoms with Crippen molar-refractivity contribution in [3.63, 3.8) is 0 Å². The lowest BCUT2D eigenvalue weighted by molar-refractivity contribution is 0.593. The average molecular weight is 324 g/mol. The Hall–Kier alpha value is -2.36. The number of aryl methyl sites for hydroxylation is 2. The standard InChI is InChI=1S/C20H28N4/c1-4-21-20(22-15-19-12-8-9-16(2)23-19)24-17(3)13-14-18-10-6-5-7-11-18/h5-12,17H,4,13-15H2,1-3H3,(H2,21,22,24). The van der Waals surface area contributed by atoms with E-state index in [1.807, 2.05) is 25.1 Å². The van der Waals surface area contributed by atoms with Crippen LogP contribution in [0.15, 0.2) is 53.5 Å². The van der Waals surface area contributed by atoms with Crippen molar-refractivity contribution in [3.05, 3.63) is 65.5 Å². The van der Waals surface area contributed by atoms with Crippen molar-refractivity contribution in [3.8, 4) is 0 Å². The van der Waals surface area contributed by atoms with Gasteiger partial charge in [-0.1, -0.05) is 36.4 Å². The van der Waals surface area contributed by atoms with Gasteiger partial charge in [-0.3, -0.25) is 4.98 Å². The molecule has 128 valence electrons. The third-order valence-corrected chi connectivity index (χ3v) is 3.78. The number of nitrogens with zero attached hydrogens (tertiary/aromatic N) is 2. The zero-order chi connectivity index (χ0) is 17.2. The van der Waals surface area contributed by atoms with E-state index in [2.05, 4.69) is 64.8 Å². The van der Waals surface area contributed by atoms with Crippen LogP contribution in [0.5, 0.6) is 0 Å². The molecule has 1 unspecified atom stereocenters. The molecule has 0 aliphatic rings. The molecule has 4 heteroatoms. The van der Waals surface area contributed by atoms with Crippen molar-refractivity contribution < 1.29 is 0 Å². The molecule has 2 rings (SSSR count). The molecule has 0 saturated carbocycles. The zero-order valence-electron chi connectivity index (χ0n) is 14.9. The predicted octanol–water partition coefficient (Wildman–Crippen LogP) is 3.47. The fourth-order valence-corrected chi connectivity index (χ4v) is 2.50. The molecule has 0 bridgehead atoms. The Labute approximate surface area is 145 Å². The molecule has 0 spiro atoms. The van der Waals surface area contributed by atoms with E-state index in [0.29, 0.717) is 12.6 Å². The lowest BCUT2D eigenvalue weighted by Crippen LogP contribution is -2.42. The van der Waals surface area contributed by atoms with Gasteiger partial charge < -0.3 is 10.6 Å². The van der Waals surface area contributed by atoms with Gasteiger partial charge in [0.1, 0.15) is 0 Å². The van der Waals surface area contributed by atoms with E-state index in [9.17, 15) is 0 Å². The van der Waals surface area contributed by atoms with Crippen LogP contribution >= 0.6 is 0 Å². The van der Waals surface area contributed by atoms with E-state index in [1.54, 1.807) is 0 Å². The summed E-state index contributed by atoms with van der Waals surface area (Å²) in [7, 11) is 0. The minimum atomic E-state index is 0.355. The van der Waals surface area contributed by atoms with Gasteiger partial charge in [-0.25, -0.2) is 4.99 Å². The Morgan fingerprint density at radius 3 is 2.62 bits per heavy atom. The minimum Gasteiger partial charge on any atom is -0.357 e. The van der Waals surface area contributed by atoms with Crippen LogP contribution in [0.1, 0.15) is 37.2 Å². The number of aromatic nitrogens is 1. The fourth-order valence-electron chi connectivity index (χ4n) is 2.50. The number of hydrogen-bond acceptors (Lipinski definition) is 2. The molecular formula is C20H28N4. The van der Waals surface area contributed by atoms with E-state index in [0.717, 1.165) is 36.7 Å². The van der Waals surface area contributed by atoms with Crippen molar-refractivity contribution in [2.75, 3.05) is 6.54 Å². The van der Waals surface area contributed by atoms with Gasteiger partial charge in [0.15, 0.2) is 5.96 Å². The highest BCUT2D eigenvalue weighted by Crippen LogP contribution is 2.05. The summed E-state index contributed by atoms with van der Waals surface area (Å²) in [5.74, 6) is 0.848. The number of pyridine rings is 1. The molecular weight excluding hydrogens is 296 g/mol. The van der Waals surface area contributed by atoms with E-state index in [1.165, 1.54) is 5.56 Å². The molecule has 0 aliphatic heterocycles. The minimum absolute atomic E-state index is 0.355. The Kier molecular flexibility index (Phi) is 7.27. The first-order chi connectivity index (χ1) is 11.7. The molecule has 1 aromatic carbocycles. The van der Waals surface area contributed by atoms with Gasteiger partial charge >= 0.3 is 0 Å². The summed E-state index contributed by atoms with van der Waals surface area (Å²) < 4.78 is 0. The molecule has 2 aromatic rings. The molecule has 1 heterocycles. The summed E-state index contributed by atoms with van der Waals surface area (Å²) in [6.45, 7) is 7.71. The number of benzene rings is 1. The highest BCUT2D eigenvalue weighted by molar-refractivity contribution is 5.80. The number of hydrogen-bond donors (Lipinski definition) is 2. The van der Waals surface area contributed by atoms with Crippen molar-refractivity contribution in [2.24, 2.45) is 4.99 Å². The number of rotatable bonds is 7. The summed E-state index contributed by atoms with van der Waals surface area (Å²) in [5, 5.41) is 6.79. The highest BCUT2D eigenvalue weighted by Gasteiger charge is 2.06. The first-order valence-corrected chi connectivity index (χ1v) is 8.68. The lowest BCUT2D eigenvalue weighted by Gasteiger charge is -2.18. The largest absolute Gasteiger partial charge is 0.357 e. The maximum atomic E-state index is 4.65. The Bertz CT molecular complexity index is 637. The second kappa shape index (κ2) is 9.71. The maximum absolute atomic E-state index is 4.65. The third kappa shape index (κ3) is 6.41. The lowest BCUT2D eigenvalue weighted by atomic mass is 10.1. The van der Waals surface area contributed by atoms with Gasteiger partial charge in [0, 0.05) is 18.3 Å². The van der Waals surface area contributed by atoms with Crippen LogP contribution in [-0.4, -0.2) is 23.5 Å². The first-order valence-electron chi connectivity index (χ1n) is 8.68. The molecule has 24 heavy (non-hydrogen) atoms. The fraction of sp³-hybridized carbons (Fsp3) is 0.400. The normalized spacial score (nSPS) is 12.7. The van der Waals surface area contributed by atoms with Gasteiger partial charge in [-0.2, -0.15) is 0 Å². The van der Waals surface area contributed by atoms with E-state index >= 15 is 0 Å². The molecule has 0 aliphatic carbocycles. The van der Waals surface area contributed by atoms with Gasteiger partial charge in [0.25, 0.3) is 0 Å². The van der Waals surface area contributed by atoms with Crippen LogP contribution in [0.3, 0.4) is 0 Å². The van der Waals surface area contributed by atoms with Crippen molar-refractivity contribution in [1.29, 1.82) is 0 Å². The highest BCUT2D eigenvalue weighted by atomic mass is 15.2. The van der Waals surface area contributed by atoms with Crippen LogP contribution in [0.4, 0.5) is 0 Å². The number of aliphatic imine (C=N–C) groups is 1. The zero-order valence-corrected chi connectivity index (χ0v) is 14.9. The molecule has 0 fully saturated rings. The Morgan fingerprint density at radius 2 is 1.92 bits per heavy atom. The van der Waals surface area contributed by atoms with E-state index in [-0.39, 0.29) is 0 Å². The van der Waals surface area contributed by atoms with Crippen LogP contribution in [0.2, 0.25) is 0 Å². The monoisotopic (exact) mass is 324 g/mol. The van der Waals surface area contributed by atoms with Gasteiger partial charge in [-0.15, -0.1) is 0 Å². The molecule has 0 amide bonds. The Morgan fingerprint density at radius 1 is 1.12 bits per heavy atom. The molecule has 4 nitrogen and oxygen atoms in total. The van der Waals surface area contributed by atoms with Crippen LogP contribution in [-0.2, 0) is 13.0 Å². The van der Waals surface area contributed by atoms with E-state index < -0.39 is 0 Å². The maximum Gasteiger partial charge on any atom is 0.191 e. The number of nitrogens with one attached hydrogen (secondary N) is 2. The van der Waals surface area contributed by atoms with Crippen molar-refractivity contribution >= 4 is 5.96 Å². The number of guanidine groups is 1. The second-order valence-corrected chi connectivity index (χ2v) is 6.04. The molecule has 1 atom stereocenters. The van der Waals surface area contributed by atoms with Crippen molar-refractivity contribution in [2.45, 2.75) is 46.2 Å². The molecule has 0 saturated heterocycles. The first kappa shape index (κ1) is 18.0. The summed E-state index contributed by atoms with van der Waals surface area (Å²) in [6.07, 6.45) is 2.13. The van der Waals surface area contributed by atoms with Crippen LogP contribution < -0.4 is 10.6 Å². The smallest absolute Gasteiger partial charge is 0.191 e. The van der Waals surface area contributed by atoms with Crippen LogP contribution in [0.25, 0.3) is 0 Å². The molecule has 1 aromatic heterocycles. The van der Waals surface area contributed by atoms with E-state index in [4.69, 9.17) is 0 Å². The topological polar surface area (TPSA) is 49.3 Å². The van der Waals surface area contributed by atoms with Gasteiger partial charge in [0.05, 0.1) is 12.2 Å². The molecule has 0 radical (unpaired) electrons. The predicted molar refractivity (Wildman–Crippen MR) is 101 cm³/mol. The summed E-state index contributed by atoms with van der Waals surface area (Å²) in [6, 6.07) is 17.0. The average Bonchev–Trinajstić information content (AvgIpc) is 2.59.